The largest absolute Gasteiger partial charge is 0.359 e. The van der Waals surface area contributed by atoms with Gasteiger partial charge in [0, 0.05) is 31.6 Å². The van der Waals surface area contributed by atoms with Crippen LogP contribution < -0.4 is 16.0 Å². The topological polar surface area (TPSA) is 70.2 Å². The molecule has 2 amide bonds. The number of nitrogens with one attached hydrogen (secondary N) is 3. The quantitative estimate of drug-likeness (QED) is 0.621. The van der Waals surface area contributed by atoms with Crippen LogP contribution in [0.1, 0.15) is 6.42 Å². The standard InChI is InChI=1S/C8H15N3O2S.ClH/c1-9-7(12)2-3-10-8(13)6-4-14-5-11-6;/h6,11H,2-5H2,1H3,(H,9,12)(H,10,13);1H. The van der Waals surface area contributed by atoms with Gasteiger partial charge in [0.05, 0.1) is 6.04 Å². The molecule has 0 radical (unpaired) electrons. The van der Waals surface area contributed by atoms with Crippen LogP contribution in [0.15, 0.2) is 0 Å². The normalized spacial score (nSPS) is 19.1. The Morgan fingerprint density at radius 2 is 2.27 bits per heavy atom. The minimum Gasteiger partial charge on any atom is -0.359 e. The maximum atomic E-state index is 11.4. The number of rotatable bonds is 4. The van der Waals surface area contributed by atoms with E-state index in [1.165, 1.54) is 0 Å². The zero-order chi connectivity index (χ0) is 10.4. The van der Waals surface area contributed by atoms with Crippen molar-refractivity contribution in [1.82, 2.24) is 16.0 Å². The van der Waals surface area contributed by atoms with Gasteiger partial charge in [-0.3, -0.25) is 14.9 Å². The molecule has 1 saturated heterocycles. The third-order valence-corrected chi connectivity index (χ3v) is 2.90. The highest BCUT2D eigenvalue weighted by molar-refractivity contribution is 7.99. The van der Waals surface area contributed by atoms with Crippen LogP contribution in [0.25, 0.3) is 0 Å². The summed E-state index contributed by atoms with van der Waals surface area (Å²) >= 11 is 1.70. The molecule has 7 heteroatoms. The van der Waals surface area contributed by atoms with Crippen molar-refractivity contribution in [3.05, 3.63) is 0 Å². The maximum Gasteiger partial charge on any atom is 0.238 e. The monoisotopic (exact) mass is 253 g/mol. The summed E-state index contributed by atoms with van der Waals surface area (Å²) in [6.45, 7) is 0.404. The highest BCUT2D eigenvalue weighted by atomic mass is 35.5. The molecule has 5 nitrogen and oxygen atoms in total. The number of hydrogen-bond acceptors (Lipinski definition) is 4. The van der Waals surface area contributed by atoms with Crippen molar-refractivity contribution in [3.8, 4) is 0 Å². The Bertz CT molecular complexity index is 222. The van der Waals surface area contributed by atoms with Crippen LogP contribution in [0.3, 0.4) is 0 Å². The van der Waals surface area contributed by atoms with Crippen molar-refractivity contribution in [2.45, 2.75) is 12.5 Å². The van der Waals surface area contributed by atoms with Crippen molar-refractivity contribution in [2.24, 2.45) is 0 Å². The van der Waals surface area contributed by atoms with Crippen molar-refractivity contribution in [1.29, 1.82) is 0 Å². The van der Waals surface area contributed by atoms with E-state index in [2.05, 4.69) is 16.0 Å². The second kappa shape index (κ2) is 7.78. The molecule has 1 fully saturated rings. The van der Waals surface area contributed by atoms with E-state index in [1.54, 1.807) is 18.8 Å². The van der Waals surface area contributed by atoms with Crippen molar-refractivity contribution < 1.29 is 9.59 Å². The number of carbonyl (C=O) groups is 2. The third-order valence-electron chi connectivity index (χ3n) is 1.96. The Kier molecular flexibility index (Phi) is 7.54. The number of thioether (sulfide) groups is 1. The Morgan fingerprint density at radius 1 is 1.53 bits per heavy atom. The van der Waals surface area contributed by atoms with Crippen LogP contribution in [0.5, 0.6) is 0 Å². The van der Waals surface area contributed by atoms with Crippen molar-refractivity contribution in [2.75, 3.05) is 25.2 Å². The fourth-order valence-electron chi connectivity index (χ4n) is 1.11. The van der Waals surface area contributed by atoms with Gasteiger partial charge in [0.1, 0.15) is 0 Å². The van der Waals surface area contributed by atoms with Crippen LogP contribution in [0, 0.1) is 0 Å². The number of halogens is 1. The molecule has 1 heterocycles. The molecule has 0 aromatic heterocycles. The molecular formula is C8H16ClN3O2S. The maximum absolute atomic E-state index is 11.4. The molecule has 0 bridgehead atoms. The summed E-state index contributed by atoms with van der Waals surface area (Å²) in [5.74, 6) is 1.57. The van der Waals surface area contributed by atoms with Gasteiger partial charge in [0.2, 0.25) is 11.8 Å². The molecule has 0 saturated carbocycles. The van der Waals surface area contributed by atoms with E-state index >= 15 is 0 Å². The summed E-state index contributed by atoms with van der Waals surface area (Å²) in [7, 11) is 1.58. The Labute approximate surface area is 99.5 Å². The van der Waals surface area contributed by atoms with Crippen molar-refractivity contribution in [3.63, 3.8) is 0 Å². The zero-order valence-corrected chi connectivity index (χ0v) is 10.2. The summed E-state index contributed by atoms with van der Waals surface area (Å²) in [5.41, 5.74) is 0. The summed E-state index contributed by atoms with van der Waals surface area (Å²) in [6, 6.07) is -0.0929. The summed E-state index contributed by atoms with van der Waals surface area (Å²) in [4.78, 5) is 22.2. The predicted octanol–water partition coefficient (Wildman–Crippen LogP) is -0.677. The second-order valence-corrected chi connectivity index (χ2v) is 4.02. The van der Waals surface area contributed by atoms with Gasteiger partial charge in [-0.25, -0.2) is 0 Å². The van der Waals surface area contributed by atoms with Crippen LogP contribution in [0.4, 0.5) is 0 Å². The predicted molar refractivity (Wildman–Crippen MR) is 63.2 cm³/mol. The lowest BCUT2D eigenvalue weighted by molar-refractivity contribution is -0.123. The highest BCUT2D eigenvalue weighted by Gasteiger charge is 2.21. The lowest BCUT2D eigenvalue weighted by atomic mass is 10.3. The summed E-state index contributed by atoms with van der Waals surface area (Å²) in [5, 5.41) is 8.27. The molecule has 0 aromatic carbocycles. The Morgan fingerprint density at radius 3 is 2.80 bits per heavy atom. The summed E-state index contributed by atoms with van der Waals surface area (Å²) < 4.78 is 0. The fraction of sp³-hybridized carbons (Fsp3) is 0.750. The molecule has 0 spiro atoms. The number of hydrogen-bond donors (Lipinski definition) is 3. The van der Waals surface area contributed by atoms with E-state index in [0.29, 0.717) is 13.0 Å². The molecule has 1 rings (SSSR count). The minimum atomic E-state index is -0.0929. The van der Waals surface area contributed by atoms with Crippen LogP contribution in [0.2, 0.25) is 0 Å². The lowest BCUT2D eigenvalue weighted by Crippen LogP contribution is -2.43. The fourth-order valence-corrected chi connectivity index (χ4v) is 2.05. The molecular weight excluding hydrogens is 238 g/mol. The van der Waals surface area contributed by atoms with E-state index in [1.807, 2.05) is 0 Å². The first kappa shape index (κ1) is 14.5. The molecule has 1 atom stereocenters. The second-order valence-electron chi connectivity index (χ2n) is 2.99. The lowest BCUT2D eigenvalue weighted by Gasteiger charge is -2.09. The molecule has 1 unspecified atom stereocenters. The van der Waals surface area contributed by atoms with Gasteiger partial charge in [-0.1, -0.05) is 0 Å². The highest BCUT2D eigenvalue weighted by Crippen LogP contribution is 2.08. The van der Waals surface area contributed by atoms with E-state index in [4.69, 9.17) is 0 Å². The molecule has 1 aliphatic rings. The van der Waals surface area contributed by atoms with Gasteiger partial charge in [-0.2, -0.15) is 0 Å². The van der Waals surface area contributed by atoms with Gasteiger partial charge in [-0.05, 0) is 0 Å². The average Bonchev–Trinajstić information content (AvgIpc) is 2.70. The average molecular weight is 254 g/mol. The van der Waals surface area contributed by atoms with E-state index in [-0.39, 0.29) is 30.3 Å². The van der Waals surface area contributed by atoms with Gasteiger partial charge < -0.3 is 10.6 Å². The van der Waals surface area contributed by atoms with Crippen molar-refractivity contribution >= 4 is 36.0 Å². The van der Waals surface area contributed by atoms with Gasteiger partial charge >= 0.3 is 0 Å². The first-order valence-electron chi connectivity index (χ1n) is 4.53. The van der Waals surface area contributed by atoms with E-state index in [0.717, 1.165) is 11.6 Å². The minimum absolute atomic E-state index is 0. The first-order valence-corrected chi connectivity index (χ1v) is 5.69. The Hall–Kier alpha value is -0.460. The van der Waals surface area contributed by atoms with Crippen LogP contribution in [-0.2, 0) is 9.59 Å². The van der Waals surface area contributed by atoms with Crippen LogP contribution >= 0.6 is 24.2 Å². The molecule has 15 heavy (non-hydrogen) atoms. The molecule has 3 N–H and O–H groups in total. The first-order chi connectivity index (χ1) is 6.74. The summed E-state index contributed by atoms with van der Waals surface area (Å²) in [6.07, 6.45) is 0.335. The van der Waals surface area contributed by atoms with Gasteiger partial charge in [-0.15, -0.1) is 24.2 Å². The van der Waals surface area contributed by atoms with Gasteiger partial charge in [0.25, 0.3) is 0 Å². The Balaban J connectivity index is 0.00000196. The SMILES string of the molecule is CNC(=O)CCNC(=O)C1CSCN1.Cl. The molecule has 1 aliphatic heterocycles. The van der Waals surface area contributed by atoms with E-state index in [9.17, 15) is 9.59 Å². The smallest absolute Gasteiger partial charge is 0.238 e. The molecule has 0 aliphatic carbocycles. The molecule has 0 aromatic rings. The van der Waals surface area contributed by atoms with Gasteiger partial charge in [0.15, 0.2) is 0 Å². The van der Waals surface area contributed by atoms with E-state index < -0.39 is 0 Å². The number of amides is 2. The van der Waals surface area contributed by atoms with Crippen LogP contribution in [-0.4, -0.2) is 43.1 Å². The number of carbonyl (C=O) groups excluding carboxylic acids is 2. The zero-order valence-electron chi connectivity index (χ0n) is 8.54. The molecule has 88 valence electrons. The third kappa shape index (κ3) is 5.25.